The van der Waals surface area contributed by atoms with E-state index in [0.29, 0.717) is 6.61 Å². The highest BCUT2D eigenvalue weighted by Crippen LogP contribution is 2.42. The van der Waals surface area contributed by atoms with E-state index in [4.69, 9.17) is 8.85 Å². The Hall–Kier alpha value is -0.516. The highest BCUT2D eigenvalue weighted by molar-refractivity contribution is 7.91. The molecular weight excluding hydrogens is 477 g/mol. The van der Waals surface area contributed by atoms with Gasteiger partial charge in [0.2, 0.25) is 0 Å². The van der Waals surface area contributed by atoms with Crippen LogP contribution >= 0.6 is 0 Å². The zero-order chi connectivity index (χ0) is 26.6. The molecule has 8 heteroatoms. The molecule has 1 aromatic rings. The van der Waals surface area contributed by atoms with E-state index in [9.17, 15) is 4.55 Å². The van der Waals surface area contributed by atoms with Crippen LogP contribution in [-0.2, 0) is 20.2 Å². The first kappa shape index (κ1) is 31.5. The molecule has 3 atom stereocenters. The second-order valence-electron chi connectivity index (χ2n) is 13.2. The average Bonchev–Trinajstić information content (AvgIpc) is 2.66. The Morgan fingerprint density at radius 2 is 1.53 bits per heavy atom. The minimum absolute atomic E-state index is 0.0492. The number of aromatic nitrogens is 1. The van der Waals surface area contributed by atoms with Crippen LogP contribution in [0.3, 0.4) is 0 Å². The van der Waals surface area contributed by atoms with Crippen LogP contribution in [0.15, 0.2) is 28.8 Å². The first-order valence-corrected chi connectivity index (χ1v) is 19.3. The van der Waals surface area contributed by atoms with Crippen LogP contribution in [0, 0.1) is 5.92 Å². The van der Waals surface area contributed by atoms with Crippen LogP contribution in [-0.4, -0.2) is 43.7 Å². The fourth-order valence-corrected chi connectivity index (χ4v) is 5.60. The van der Waals surface area contributed by atoms with E-state index in [1.165, 1.54) is 0 Å². The molecule has 0 aliphatic rings. The predicted molar refractivity (Wildman–Crippen MR) is 153 cm³/mol. The summed E-state index contributed by atoms with van der Waals surface area (Å²) in [5, 5.41) is 0.190. The van der Waals surface area contributed by atoms with E-state index in [2.05, 4.69) is 77.1 Å². The van der Waals surface area contributed by atoms with Gasteiger partial charge in [-0.25, -0.2) is 0 Å². The quantitative estimate of drug-likeness (QED) is 0.178. The summed E-state index contributed by atoms with van der Waals surface area (Å²) in [6, 6.07) is 5.94. The van der Waals surface area contributed by atoms with E-state index >= 15 is 0 Å². The Morgan fingerprint density at radius 3 is 1.97 bits per heavy atom. The van der Waals surface area contributed by atoms with E-state index in [1.807, 2.05) is 51.4 Å². The molecule has 0 aliphatic carbocycles. The van der Waals surface area contributed by atoms with Crippen LogP contribution in [0.4, 0.5) is 0 Å². The molecule has 0 spiro atoms. The van der Waals surface area contributed by atoms with Gasteiger partial charge in [0.25, 0.3) is 0 Å². The molecule has 0 radical (unpaired) electrons. The highest BCUT2D eigenvalue weighted by Gasteiger charge is 2.42. The fourth-order valence-electron chi connectivity index (χ4n) is 2.67. The molecule has 196 valence electrons. The zero-order valence-electron chi connectivity index (χ0n) is 24.0. The summed E-state index contributed by atoms with van der Waals surface area (Å²) >= 11 is -1.34. The Labute approximate surface area is 215 Å². The molecule has 0 saturated heterocycles. The van der Waals surface area contributed by atoms with Gasteiger partial charge < -0.3 is 13.4 Å². The van der Waals surface area contributed by atoms with Crippen molar-refractivity contribution in [3.8, 4) is 0 Å². The lowest BCUT2D eigenvalue weighted by atomic mass is 9.97. The van der Waals surface area contributed by atoms with Gasteiger partial charge in [-0.15, -0.1) is 0 Å². The largest absolute Gasteiger partial charge is 0.591 e. The molecule has 1 aromatic heterocycles. The molecule has 1 heterocycles. The van der Waals surface area contributed by atoms with Gasteiger partial charge in [0.05, 0.1) is 18.0 Å². The van der Waals surface area contributed by atoms with Crippen LogP contribution in [0.2, 0.25) is 36.3 Å². The van der Waals surface area contributed by atoms with Gasteiger partial charge in [-0.2, -0.15) is 0 Å². The minimum atomic E-state index is -2.12. The van der Waals surface area contributed by atoms with Gasteiger partial charge in [0.15, 0.2) is 16.6 Å². The first-order chi connectivity index (χ1) is 15.2. The van der Waals surface area contributed by atoms with Gasteiger partial charge in [-0.3, -0.25) is 4.98 Å². The maximum Gasteiger partial charge on any atom is 0.193 e. The summed E-state index contributed by atoms with van der Waals surface area (Å²) in [6.45, 7) is 29.0. The van der Waals surface area contributed by atoms with E-state index in [0.717, 1.165) is 12.1 Å². The molecule has 1 rings (SSSR count). The maximum atomic E-state index is 12.8. The summed E-state index contributed by atoms with van der Waals surface area (Å²) in [5.41, 5.74) is 0.887. The smallest absolute Gasteiger partial charge is 0.193 e. The van der Waals surface area contributed by atoms with Crippen molar-refractivity contribution in [2.24, 2.45) is 10.3 Å². The van der Waals surface area contributed by atoms with E-state index in [-0.39, 0.29) is 22.1 Å². The van der Waals surface area contributed by atoms with Crippen molar-refractivity contribution >= 4 is 34.2 Å². The van der Waals surface area contributed by atoms with E-state index < -0.39 is 32.7 Å². The SMILES string of the molecule is CC(C)(C)[S+]([O-])/N=C\C(CCO[Si](C)(C)C(C)(C)C)C(O[Si](C)(C)C(C)(C)C)c1ccccn1. The Morgan fingerprint density at radius 1 is 0.971 bits per heavy atom. The lowest BCUT2D eigenvalue weighted by molar-refractivity contribution is 0.129. The molecule has 0 fully saturated rings. The number of hydrogen-bond donors (Lipinski definition) is 0. The predicted octanol–water partition coefficient (Wildman–Crippen LogP) is 7.71. The molecule has 3 unspecified atom stereocenters. The molecular formula is C26H50N2O3SSi2. The fraction of sp³-hybridized carbons (Fsp3) is 0.769. The van der Waals surface area contributed by atoms with Crippen molar-refractivity contribution in [2.75, 3.05) is 6.61 Å². The summed E-state index contributed by atoms with van der Waals surface area (Å²) in [4.78, 5) is 4.67. The average molecular weight is 527 g/mol. The summed E-state index contributed by atoms with van der Waals surface area (Å²) in [5.74, 6) is -0.0971. The third-order valence-corrected chi connectivity index (χ3v) is 17.5. The van der Waals surface area contributed by atoms with E-state index in [1.54, 1.807) is 0 Å². The standard InChI is InChI=1S/C26H50N2O3SSi2/c1-24(2,3)32(29)28-20-21(17-19-30-33(10,11)25(4,5)6)23(22-16-14-15-18-27-22)31-34(12,13)26(7,8)9/h14-16,18,20-21,23H,17,19H2,1-13H3/b28-20-. The maximum absolute atomic E-state index is 12.8. The Kier molecular flexibility index (Phi) is 10.8. The summed E-state index contributed by atoms with van der Waals surface area (Å²) in [6.07, 6.45) is 4.12. The monoisotopic (exact) mass is 526 g/mol. The molecule has 5 nitrogen and oxygen atoms in total. The topological polar surface area (TPSA) is 66.8 Å². The number of pyridine rings is 1. The molecule has 34 heavy (non-hydrogen) atoms. The highest BCUT2D eigenvalue weighted by atomic mass is 32.2. The van der Waals surface area contributed by atoms with Crippen molar-refractivity contribution in [1.29, 1.82) is 0 Å². The third kappa shape index (κ3) is 9.17. The van der Waals surface area contributed by atoms with Crippen molar-refractivity contribution in [3.05, 3.63) is 30.1 Å². The molecule has 0 aromatic carbocycles. The normalized spacial score (nSPS) is 17.1. The zero-order valence-corrected chi connectivity index (χ0v) is 26.8. The molecule has 0 bridgehead atoms. The number of nitrogens with zero attached hydrogens (tertiary/aromatic N) is 2. The second-order valence-corrected chi connectivity index (χ2v) is 24.7. The lowest BCUT2D eigenvalue weighted by Crippen LogP contribution is -2.44. The van der Waals surface area contributed by atoms with Crippen LogP contribution in [0.1, 0.15) is 80.5 Å². The van der Waals surface area contributed by atoms with Gasteiger partial charge >= 0.3 is 0 Å². The third-order valence-electron chi connectivity index (χ3n) is 7.19. The van der Waals surface area contributed by atoms with Crippen molar-refractivity contribution in [1.82, 2.24) is 4.98 Å². The molecule has 0 saturated carbocycles. The summed E-state index contributed by atoms with van der Waals surface area (Å²) < 4.78 is 30.3. The Bertz CT molecular complexity index is 782. The summed E-state index contributed by atoms with van der Waals surface area (Å²) in [7, 11) is -4.01. The van der Waals surface area contributed by atoms with Crippen molar-refractivity contribution in [2.45, 2.75) is 116 Å². The molecule has 0 N–H and O–H groups in total. The number of hydrogen-bond acceptors (Lipinski definition) is 5. The molecule has 0 aliphatic heterocycles. The first-order valence-electron chi connectivity index (χ1n) is 12.4. The van der Waals surface area contributed by atoms with Crippen molar-refractivity contribution in [3.63, 3.8) is 0 Å². The van der Waals surface area contributed by atoms with Gasteiger partial charge in [-0.05, 0) is 75.6 Å². The number of rotatable bonds is 10. The van der Waals surface area contributed by atoms with Gasteiger partial charge in [0, 0.05) is 18.7 Å². The van der Waals surface area contributed by atoms with Gasteiger partial charge in [-0.1, -0.05) is 52.0 Å². The lowest BCUT2D eigenvalue weighted by Gasteiger charge is -2.41. The van der Waals surface area contributed by atoms with Crippen LogP contribution < -0.4 is 0 Å². The van der Waals surface area contributed by atoms with Crippen LogP contribution in [0.5, 0.6) is 0 Å². The Balaban J connectivity index is 3.36. The second kappa shape index (κ2) is 11.7. The van der Waals surface area contributed by atoms with Crippen molar-refractivity contribution < 1.29 is 13.4 Å². The van der Waals surface area contributed by atoms with Crippen LogP contribution in [0.25, 0.3) is 0 Å². The minimum Gasteiger partial charge on any atom is -0.591 e. The van der Waals surface area contributed by atoms with Gasteiger partial charge in [0.1, 0.15) is 16.1 Å². The molecule has 0 amide bonds.